The molecule has 1 aliphatic heterocycles. The first kappa shape index (κ1) is 17.2. The van der Waals surface area contributed by atoms with Crippen molar-refractivity contribution in [3.8, 4) is 0 Å². The van der Waals surface area contributed by atoms with Gasteiger partial charge in [-0.3, -0.25) is 9.59 Å². The van der Waals surface area contributed by atoms with Gasteiger partial charge in [-0.05, 0) is 10.6 Å². The fourth-order valence-corrected chi connectivity index (χ4v) is 5.41. The van der Waals surface area contributed by atoms with E-state index >= 15 is 0 Å². The van der Waals surface area contributed by atoms with E-state index in [-0.39, 0.29) is 29.6 Å². The lowest BCUT2D eigenvalue weighted by Gasteiger charge is -2.46. The smallest absolute Gasteiger partial charge is 0.308 e. The molecule has 0 aliphatic carbocycles. The number of aliphatic hydroxyl groups is 1. The summed E-state index contributed by atoms with van der Waals surface area (Å²) >= 11 is 0. The second-order valence-electron chi connectivity index (χ2n) is 7.30. The molecular formula is C14H27NO4Si. The third-order valence-corrected chi connectivity index (χ3v) is 11.5. The van der Waals surface area contributed by atoms with E-state index in [2.05, 4.69) is 33.9 Å². The van der Waals surface area contributed by atoms with Gasteiger partial charge in [0.2, 0.25) is 5.91 Å². The van der Waals surface area contributed by atoms with Crippen LogP contribution in [-0.4, -0.2) is 54.8 Å². The zero-order valence-corrected chi connectivity index (χ0v) is 14.1. The molecule has 1 saturated heterocycles. The summed E-state index contributed by atoms with van der Waals surface area (Å²) < 4.78 is 0. The normalized spacial score (nSPS) is 19.5. The molecule has 2 atom stereocenters. The summed E-state index contributed by atoms with van der Waals surface area (Å²) in [4.78, 5) is 24.6. The Labute approximate surface area is 122 Å². The molecule has 0 spiro atoms. The van der Waals surface area contributed by atoms with E-state index in [1.165, 1.54) is 0 Å². The van der Waals surface area contributed by atoms with Gasteiger partial charge in [-0.1, -0.05) is 33.9 Å². The van der Waals surface area contributed by atoms with Crippen LogP contribution in [0.25, 0.3) is 0 Å². The SMILES string of the molecule is CC(C)(C)[Si](C)(C)[C@H](CO)[C@@H](CN1CCC1=O)C(=O)O. The first-order valence-electron chi connectivity index (χ1n) is 7.13. The lowest BCUT2D eigenvalue weighted by Crippen LogP contribution is -2.53. The molecule has 20 heavy (non-hydrogen) atoms. The number of rotatable bonds is 6. The van der Waals surface area contributed by atoms with Crippen LogP contribution in [0.2, 0.25) is 23.7 Å². The second kappa shape index (κ2) is 5.85. The highest BCUT2D eigenvalue weighted by Crippen LogP contribution is 2.46. The first-order chi connectivity index (χ1) is 9.02. The van der Waals surface area contributed by atoms with Gasteiger partial charge in [-0.15, -0.1) is 0 Å². The summed E-state index contributed by atoms with van der Waals surface area (Å²) in [6.45, 7) is 11.3. The number of carboxylic acids is 1. The monoisotopic (exact) mass is 301 g/mol. The van der Waals surface area contributed by atoms with Crippen LogP contribution in [0.3, 0.4) is 0 Å². The van der Waals surface area contributed by atoms with Crippen LogP contribution < -0.4 is 0 Å². The van der Waals surface area contributed by atoms with E-state index < -0.39 is 20.0 Å². The summed E-state index contributed by atoms with van der Waals surface area (Å²) in [6, 6.07) is 0. The van der Waals surface area contributed by atoms with Gasteiger partial charge in [-0.25, -0.2) is 0 Å². The Morgan fingerprint density at radius 2 is 1.95 bits per heavy atom. The highest BCUT2D eigenvalue weighted by atomic mass is 28.3. The molecule has 1 heterocycles. The standard InChI is InChI=1S/C14H27NO4Si/c1-14(2,3)20(4,5)11(9-16)10(13(18)19)8-15-7-6-12(15)17/h10-11,16H,6-9H2,1-5H3,(H,18,19)/t10-,11-/m1/s1. The molecule has 0 unspecified atom stereocenters. The van der Waals surface area contributed by atoms with Gasteiger partial charge in [0, 0.05) is 26.1 Å². The minimum atomic E-state index is -2.01. The number of amides is 1. The van der Waals surface area contributed by atoms with E-state index in [1.54, 1.807) is 4.90 Å². The molecule has 0 aromatic rings. The van der Waals surface area contributed by atoms with Crippen molar-refractivity contribution < 1.29 is 19.8 Å². The van der Waals surface area contributed by atoms with Crippen LogP contribution in [0, 0.1) is 5.92 Å². The average Bonchev–Trinajstić information content (AvgIpc) is 2.30. The molecule has 1 rings (SSSR count). The third-order valence-electron chi connectivity index (χ3n) is 5.22. The molecule has 0 aromatic carbocycles. The number of aliphatic carboxylic acids is 1. The maximum atomic E-state index is 11.6. The van der Waals surface area contributed by atoms with Gasteiger partial charge in [0.25, 0.3) is 0 Å². The lowest BCUT2D eigenvalue weighted by atomic mass is 10.0. The molecule has 0 radical (unpaired) electrons. The highest BCUT2D eigenvalue weighted by molar-refractivity contribution is 6.81. The predicted molar refractivity (Wildman–Crippen MR) is 80.4 cm³/mol. The maximum Gasteiger partial charge on any atom is 0.308 e. The third kappa shape index (κ3) is 3.23. The Morgan fingerprint density at radius 1 is 1.40 bits per heavy atom. The Kier molecular flexibility index (Phi) is 5.02. The topological polar surface area (TPSA) is 77.8 Å². The average molecular weight is 301 g/mol. The van der Waals surface area contributed by atoms with E-state index in [0.717, 1.165) is 0 Å². The second-order valence-corrected chi connectivity index (χ2v) is 13.0. The molecule has 5 nitrogen and oxygen atoms in total. The summed E-state index contributed by atoms with van der Waals surface area (Å²) in [5.74, 6) is -1.57. The Morgan fingerprint density at radius 3 is 2.20 bits per heavy atom. The number of carbonyl (C=O) groups excluding carboxylic acids is 1. The number of hydrogen-bond donors (Lipinski definition) is 2. The summed E-state index contributed by atoms with van der Waals surface area (Å²) in [7, 11) is -2.01. The van der Waals surface area contributed by atoms with Crippen molar-refractivity contribution in [2.45, 2.75) is 50.9 Å². The van der Waals surface area contributed by atoms with Gasteiger partial charge in [-0.2, -0.15) is 0 Å². The molecular weight excluding hydrogens is 274 g/mol. The maximum absolute atomic E-state index is 11.6. The first-order valence-corrected chi connectivity index (χ1v) is 10.2. The van der Waals surface area contributed by atoms with Crippen LogP contribution in [0.15, 0.2) is 0 Å². The molecule has 6 heteroatoms. The van der Waals surface area contributed by atoms with Crippen LogP contribution >= 0.6 is 0 Å². The van der Waals surface area contributed by atoms with Crippen molar-refractivity contribution in [3.63, 3.8) is 0 Å². The zero-order chi connectivity index (χ0) is 15.7. The molecule has 0 saturated carbocycles. The largest absolute Gasteiger partial charge is 0.481 e. The van der Waals surface area contributed by atoms with Crippen LogP contribution in [-0.2, 0) is 9.59 Å². The molecule has 0 bridgehead atoms. The lowest BCUT2D eigenvalue weighted by molar-refractivity contribution is -0.147. The fraction of sp³-hybridized carbons (Fsp3) is 0.857. The van der Waals surface area contributed by atoms with Crippen molar-refractivity contribution in [2.75, 3.05) is 19.7 Å². The Bertz CT molecular complexity index is 389. The Hall–Kier alpha value is -0.883. The van der Waals surface area contributed by atoms with E-state index in [0.29, 0.717) is 13.0 Å². The van der Waals surface area contributed by atoms with Gasteiger partial charge >= 0.3 is 5.97 Å². The Balaban J connectivity index is 2.97. The fourth-order valence-electron chi connectivity index (χ4n) is 2.58. The number of β-lactam (4-membered cyclic amide) rings is 1. The van der Waals surface area contributed by atoms with Crippen LogP contribution in [0.4, 0.5) is 0 Å². The summed E-state index contributed by atoms with van der Waals surface area (Å²) in [5, 5.41) is 19.3. The van der Waals surface area contributed by atoms with Crippen LogP contribution in [0.5, 0.6) is 0 Å². The van der Waals surface area contributed by atoms with E-state index in [4.69, 9.17) is 0 Å². The number of likely N-dealkylation sites (tertiary alicyclic amines) is 1. The highest BCUT2D eigenvalue weighted by Gasteiger charge is 2.48. The van der Waals surface area contributed by atoms with Gasteiger partial charge < -0.3 is 15.1 Å². The van der Waals surface area contributed by atoms with Crippen molar-refractivity contribution in [2.24, 2.45) is 5.92 Å². The molecule has 116 valence electrons. The molecule has 1 aliphatic rings. The van der Waals surface area contributed by atoms with Gasteiger partial charge in [0.1, 0.15) is 0 Å². The molecule has 1 amide bonds. The quantitative estimate of drug-likeness (QED) is 0.579. The summed E-state index contributed by atoms with van der Waals surface area (Å²) in [5.41, 5.74) is -0.256. The van der Waals surface area contributed by atoms with Gasteiger partial charge in [0.15, 0.2) is 0 Å². The number of aliphatic hydroxyl groups excluding tert-OH is 1. The number of hydrogen-bond acceptors (Lipinski definition) is 3. The van der Waals surface area contributed by atoms with Crippen molar-refractivity contribution in [1.29, 1.82) is 0 Å². The molecule has 0 aromatic heterocycles. The van der Waals surface area contributed by atoms with E-state index in [1.807, 2.05) is 0 Å². The zero-order valence-electron chi connectivity index (χ0n) is 13.1. The number of carbonyl (C=O) groups is 2. The van der Waals surface area contributed by atoms with Gasteiger partial charge in [0.05, 0.1) is 14.0 Å². The molecule has 2 N–H and O–H groups in total. The minimum Gasteiger partial charge on any atom is -0.481 e. The van der Waals surface area contributed by atoms with E-state index in [9.17, 15) is 19.8 Å². The van der Waals surface area contributed by atoms with Crippen molar-refractivity contribution in [3.05, 3.63) is 0 Å². The number of carboxylic acid groups (broad SMARTS) is 1. The van der Waals surface area contributed by atoms with Crippen LogP contribution in [0.1, 0.15) is 27.2 Å². The van der Waals surface area contributed by atoms with Crippen molar-refractivity contribution >= 4 is 20.0 Å². The van der Waals surface area contributed by atoms with Crippen molar-refractivity contribution in [1.82, 2.24) is 4.90 Å². The predicted octanol–water partition coefficient (Wildman–Crippen LogP) is 1.79. The number of nitrogens with zero attached hydrogens (tertiary/aromatic N) is 1. The summed E-state index contributed by atoms with van der Waals surface area (Å²) in [6.07, 6.45) is 0.510. The minimum absolute atomic E-state index is 0.00689. The molecule has 1 fully saturated rings.